The van der Waals surface area contributed by atoms with Crippen molar-refractivity contribution in [2.45, 2.75) is 31.8 Å². The van der Waals surface area contributed by atoms with Gasteiger partial charge in [-0.05, 0) is 25.0 Å². The van der Waals surface area contributed by atoms with Gasteiger partial charge in [-0.25, -0.2) is 8.78 Å². The first-order valence-corrected chi connectivity index (χ1v) is 7.20. The Balaban J connectivity index is 1.87. The molecule has 22 heavy (non-hydrogen) atoms. The van der Waals surface area contributed by atoms with E-state index in [0.717, 1.165) is 31.4 Å². The monoisotopic (exact) mass is 312 g/mol. The van der Waals surface area contributed by atoms with Crippen LogP contribution < -0.4 is 10.6 Å². The zero-order chi connectivity index (χ0) is 16.1. The molecule has 0 aliphatic heterocycles. The molecule has 2 atom stereocenters. The highest BCUT2D eigenvalue weighted by molar-refractivity contribution is 6.39. The number of halogens is 2. The summed E-state index contributed by atoms with van der Waals surface area (Å²) in [4.78, 5) is 23.3. The van der Waals surface area contributed by atoms with Gasteiger partial charge in [-0.15, -0.1) is 0 Å². The number of hydrogen-bond acceptors (Lipinski definition) is 3. The second-order valence-electron chi connectivity index (χ2n) is 5.38. The van der Waals surface area contributed by atoms with Crippen LogP contribution in [0.25, 0.3) is 0 Å². The Morgan fingerprint density at radius 2 is 1.91 bits per heavy atom. The van der Waals surface area contributed by atoms with Crippen molar-refractivity contribution in [2.75, 3.05) is 11.9 Å². The number of anilines is 1. The first kappa shape index (κ1) is 16.4. The summed E-state index contributed by atoms with van der Waals surface area (Å²) in [6, 6.07) is 3.30. The SMILES string of the molecule is O=C(NC[C@@H]1CCCC[C@H]1O)C(=O)Nc1cccc(F)c1F. The molecule has 0 aromatic heterocycles. The molecule has 1 aromatic rings. The molecule has 120 valence electrons. The minimum absolute atomic E-state index is 0.0867. The van der Waals surface area contributed by atoms with Crippen molar-refractivity contribution in [2.24, 2.45) is 5.92 Å². The molecule has 3 N–H and O–H groups in total. The van der Waals surface area contributed by atoms with Crippen LogP contribution in [0, 0.1) is 17.6 Å². The third kappa shape index (κ3) is 4.00. The third-order valence-corrected chi connectivity index (χ3v) is 3.80. The molecule has 0 unspecified atom stereocenters. The molecule has 5 nitrogen and oxygen atoms in total. The summed E-state index contributed by atoms with van der Waals surface area (Å²) in [5.41, 5.74) is -0.391. The van der Waals surface area contributed by atoms with Crippen molar-refractivity contribution >= 4 is 17.5 Å². The number of carbonyl (C=O) groups excluding carboxylic acids is 2. The molecule has 0 saturated heterocycles. The number of amides is 2. The molecule has 1 saturated carbocycles. The van der Waals surface area contributed by atoms with Crippen LogP contribution in [0.15, 0.2) is 18.2 Å². The van der Waals surface area contributed by atoms with Gasteiger partial charge in [-0.3, -0.25) is 9.59 Å². The van der Waals surface area contributed by atoms with E-state index in [1.54, 1.807) is 0 Å². The lowest BCUT2D eigenvalue weighted by atomic mass is 9.86. The molecular formula is C15H18F2N2O3. The van der Waals surface area contributed by atoms with Gasteiger partial charge in [0.15, 0.2) is 11.6 Å². The summed E-state index contributed by atoms with van der Waals surface area (Å²) < 4.78 is 26.4. The maximum absolute atomic E-state index is 13.4. The van der Waals surface area contributed by atoms with E-state index in [4.69, 9.17) is 0 Å². The fourth-order valence-corrected chi connectivity index (χ4v) is 2.51. The minimum atomic E-state index is -1.22. The molecule has 2 rings (SSSR count). The Kier molecular flexibility index (Phi) is 5.43. The quantitative estimate of drug-likeness (QED) is 0.741. The van der Waals surface area contributed by atoms with Crippen LogP contribution in [0.2, 0.25) is 0 Å². The molecule has 2 amide bonds. The van der Waals surface area contributed by atoms with Gasteiger partial charge in [0.1, 0.15) is 0 Å². The average Bonchev–Trinajstić information content (AvgIpc) is 2.50. The third-order valence-electron chi connectivity index (χ3n) is 3.80. The van der Waals surface area contributed by atoms with Crippen molar-refractivity contribution in [3.8, 4) is 0 Å². The Bertz CT molecular complexity index is 566. The molecule has 1 aliphatic carbocycles. The van der Waals surface area contributed by atoms with Gasteiger partial charge < -0.3 is 15.7 Å². The van der Waals surface area contributed by atoms with Crippen LogP contribution >= 0.6 is 0 Å². The smallest absolute Gasteiger partial charge is 0.313 e. The molecule has 0 bridgehead atoms. The topological polar surface area (TPSA) is 78.4 Å². The van der Waals surface area contributed by atoms with Gasteiger partial charge in [0.05, 0.1) is 11.8 Å². The van der Waals surface area contributed by atoms with Gasteiger partial charge in [0.25, 0.3) is 0 Å². The second-order valence-corrected chi connectivity index (χ2v) is 5.38. The van der Waals surface area contributed by atoms with Gasteiger partial charge >= 0.3 is 11.8 Å². The van der Waals surface area contributed by atoms with Crippen LogP contribution in [0.5, 0.6) is 0 Å². The summed E-state index contributed by atoms with van der Waals surface area (Å²) >= 11 is 0. The predicted octanol–water partition coefficient (Wildman–Crippen LogP) is 1.57. The highest BCUT2D eigenvalue weighted by Crippen LogP contribution is 2.23. The molecule has 1 fully saturated rings. The largest absolute Gasteiger partial charge is 0.393 e. The van der Waals surface area contributed by atoms with Crippen molar-refractivity contribution in [3.05, 3.63) is 29.8 Å². The number of carbonyl (C=O) groups is 2. The Hall–Kier alpha value is -2.02. The van der Waals surface area contributed by atoms with Crippen LogP contribution in [0.1, 0.15) is 25.7 Å². The maximum Gasteiger partial charge on any atom is 0.313 e. The van der Waals surface area contributed by atoms with Crippen molar-refractivity contribution in [1.82, 2.24) is 5.32 Å². The molecule has 1 aromatic carbocycles. The number of nitrogens with one attached hydrogen (secondary N) is 2. The van der Waals surface area contributed by atoms with Crippen LogP contribution in [0.3, 0.4) is 0 Å². The molecule has 0 spiro atoms. The second kappa shape index (κ2) is 7.31. The van der Waals surface area contributed by atoms with Gasteiger partial charge in [0, 0.05) is 12.5 Å². The van der Waals surface area contributed by atoms with Crippen LogP contribution in [-0.2, 0) is 9.59 Å². The molecular weight excluding hydrogens is 294 g/mol. The number of benzene rings is 1. The molecule has 7 heteroatoms. The standard InChI is InChI=1S/C15H18F2N2O3/c16-10-5-3-6-11(13(10)17)19-15(22)14(21)18-8-9-4-1-2-7-12(9)20/h3,5-6,9,12,20H,1-2,4,7-8H2,(H,18,21)(H,19,22)/t9-,12+/m0/s1. The van der Waals surface area contributed by atoms with E-state index in [1.807, 2.05) is 5.32 Å². The van der Waals surface area contributed by atoms with Crippen LogP contribution in [-0.4, -0.2) is 29.6 Å². The maximum atomic E-state index is 13.4. The molecule has 0 heterocycles. The van der Waals surface area contributed by atoms with E-state index in [2.05, 4.69) is 5.32 Å². The summed E-state index contributed by atoms with van der Waals surface area (Å²) in [6.07, 6.45) is 2.89. The zero-order valence-electron chi connectivity index (χ0n) is 11.9. The number of rotatable bonds is 3. The van der Waals surface area contributed by atoms with Crippen molar-refractivity contribution in [1.29, 1.82) is 0 Å². The van der Waals surface area contributed by atoms with Gasteiger partial charge in [-0.1, -0.05) is 18.9 Å². The Labute approximate surface area is 126 Å². The lowest BCUT2D eigenvalue weighted by molar-refractivity contribution is -0.136. The summed E-state index contributed by atoms with van der Waals surface area (Å²) in [5, 5.41) is 14.2. The minimum Gasteiger partial charge on any atom is -0.393 e. The summed E-state index contributed by atoms with van der Waals surface area (Å²) in [7, 11) is 0. The van der Waals surface area contributed by atoms with Crippen LogP contribution in [0.4, 0.5) is 14.5 Å². The Morgan fingerprint density at radius 1 is 1.18 bits per heavy atom. The van der Waals surface area contributed by atoms with E-state index in [-0.39, 0.29) is 12.5 Å². The lowest BCUT2D eigenvalue weighted by Crippen LogP contribution is -2.41. The van der Waals surface area contributed by atoms with Crippen molar-refractivity contribution in [3.63, 3.8) is 0 Å². The highest BCUT2D eigenvalue weighted by Gasteiger charge is 2.24. The van der Waals surface area contributed by atoms with Gasteiger partial charge in [0.2, 0.25) is 0 Å². The van der Waals surface area contributed by atoms with E-state index in [9.17, 15) is 23.5 Å². The lowest BCUT2D eigenvalue weighted by Gasteiger charge is -2.27. The Morgan fingerprint density at radius 3 is 2.64 bits per heavy atom. The normalized spacial score (nSPS) is 21.2. The van der Waals surface area contributed by atoms with E-state index < -0.39 is 35.2 Å². The first-order valence-electron chi connectivity index (χ1n) is 7.20. The predicted molar refractivity (Wildman–Crippen MR) is 76.0 cm³/mol. The highest BCUT2D eigenvalue weighted by atomic mass is 19.2. The average molecular weight is 312 g/mol. The zero-order valence-corrected chi connectivity index (χ0v) is 11.9. The number of aliphatic hydroxyl groups excluding tert-OH is 1. The molecule has 0 radical (unpaired) electrons. The summed E-state index contributed by atoms with van der Waals surface area (Å²) in [6.45, 7) is 0.180. The van der Waals surface area contributed by atoms with Gasteiger partial charge in [-0.2, -0.15) is 0 Å². The number of aliphatic hydroxyl groups is 1. The van der Waals surface area contributed by atoms with E-state index >= 15 is 0 Å². The molecule has 1 aliphatic rings. The first-order chi connectivity index (χ1) is 10.5. The summed E-state index contributed by atoms with van der Waals surface area (Å²) in [5.74, 6) is -4.43. The van der Waals surface area contributed by atoms with E-state index in [0.29, 0.717) is 6.42 Å². The fraction of sp³-hybridized carbons (Fsp3) is 0.467. The number of hydrogen-bond donors (Lipinski definition) is 3. The fourth-order valence-electron chi connectivity index (χ4n) is 2.51. The van der Waals surface area contributed by atoms with Crippen molar-refractivity contribution < 1.29 is 23.5 Å². The van der Waals surface area contributed by atoms with E-state index in [1.165, 1.54) is 6.07 Å².